The minimum Gasteiger partial charge on any atom is -0.379 e. The molecule has 2 fully saturated rings. The number of anilines is 1. The van der Waals surface area contributed by atoms with E-state index in [0.717, 1.165) is 12.2 Å². The molecule has 3 atom stereocenters. The zero-order valence-corrected chi connectivity index (χ0v) is 13.7. The van der Waals surface area contributed by atoms with E-state index in [2.05, 4.69) is 20.6 Å². The van der Waals surface area contributed by atoms with Gasteiger partial charge in [0.15, 0.2) is 0 Å². The van der Waals surface area contributed by atoms with Gasteiger partial charge in [-0.25, -0.2) is 9.97 Å². The van der Waals surface area contributed by atoms with Gasteiger partial charge in [0.05, 0.1) is 24.6 Å². The second kappa shape index (κ2) is 6.18. The van der Waals surface area contributed by atoms with Crippen LogP contribution in [-0.2, 0) is 9.53 Å². The summed E-state index contributed by atoms with van der Waals surface area (Å²) in [6.45, 7) is 2.95. The van der Waals surface area contributed by atoms with Crippen molar-refractivity contribution in [2.45, 2.75) is 36.2 Å². The van der Waals surface area contributed by atoms with Crippen molar-refractivity contribution in [1.29, 1.82) is 0 Å². The average molecular weight is 345 g/mol. The zero-order chi connectivity index (χ0) is 15.7. The maximum Gasteiger partial charge on any atom is 0.226 e. The minimum atomic E-state index is -0.901. The smallest absolute Gasteiger partial charge is 0.226 e. The van der Waals surface area contributed by atoms with E-state index < -0.39 is 4.33 Å². The van der Waals surface area contributed by atoms with Crippen LogP contribution in [0.3, 0.4) is 0 Å². The van der Waals surface area contributed by atoms with Crippen molar-refractivity contribution in [3.63, 3.8) is 0 Å². The fourth-order valence-electron chi connectivity index (χ4n) is 2.56. The van der Waals surface area contributed by atoms with E-state index in [-0.39, 0.29) is 23.9 Å². The summed E-state index contributed by atoms with van der Waals surface area (Å²) in [5.74, 6) is 0.996. The Balaban J connectivity index is 1.62. The topological polar surface area (TPSA) is 76.1 Å². The third-order valence-corrected chi connectivity index (χ3v) is 4.77. The van der Waals surface area contributed by atoms with Crippen LogP contribution in [-0.4, -0.2) is 45.5 Å². The van der Waals surface area contributed by atoms with Crippen molar-refractivity contribution >= 4 is 34.9 Å². The molecule has 1 saturated heterocycles. The van der Waals surface area contributed by atoms with E-state index in [1.54, 1.807) is 12.3 Å². The van der Waals surface area contributed by atoms with Crippen LogP contribution in [0, 0.1) is 12.8 Å². The van der Waals surface area contributed by atoms with Gasteiger partial charge in [-0.05, 0) is 25.8 Å². The fourth-order valence-corrected chi connectivity index (χ4v) is 3.07. The first kappa shape index (κ1) is 15.8. The van der Waals surface area contributed by atoms with E-state index in [1.165, 1.54) is 0 Å². The highest BCUT2D eigenvalue weighted by Crippen LogP contribution is 2.53. The van der Waals surface area contributed by atoms with Gasteiger partial charge in [-0.1, -0.05) is 0 Å². The molecule has 0 bridgehead atoms. The van der Waals surface area contributed by atoms with Crippen LogP contribution in [0.1, 0.15) is 18.7 Å². The molecule has 1 aromatic heterocycles. The highest BCUT2D eigenvalue weighted by molar-refractivity contribution is 6.52. The number of ether oxygens (including phenoxy) is 1. The zero-order valence-electron chi connectivity index (χ0n) is 12.2. The van der Waals surface area contributed by atoms with Gasteiger partial charge in [-0.2, -0.15) is 0 Å². The first-order valence-electron chi connectivity index (χ1n) is 7.28. The molecule has 22 heavy (non-hydrogen) atoms. The van der Waals surface area contributed by atoms with E-state index in [0.29, 0.717) is 25.5 Å². The molecule has 1 amide bonds. The van der Waals surface area contributed by atoms with Crippen molar-refractivity contribution in [2.24, 2.45) is 5.92 Å². The fraction of sp³-hybridized carbons (Fsp3) is 0.643. The standard InChI is InChI=1S/C14H18Cl2N4O2/c1-8-17-4-2-12(18-8)19-11-7-22-5-3-10(11)20-13(21)9-6-14(9,15)16/h2,4,9-11H,3,5-7H2,1H3,(H,20,21)(H,17,18,19)/t9?,10-,11+/m0/s1. The van der Waals surface area contributed by atoms with Crippen LogP contribution < -0.4 is 10.6 Å². The van der Waals surface area contributed by atoms with Gasteiger partial charge >= 0.3 is 0 Å². The van der Waals surface area contributed by atoms with Gasteiger partial charge < -0.3 is 15.4 Å². The Morgan fingerprint density at radius 2 is 2.23 bits per heavy atom. The van der Waals surface area contributed by atoms with Gasteiger partial charge in [-0.15, -0.1) is 23.2 Å². The highest BCUT2D eigenvalue weighted by Gasteiger charge is 2.56. The Kier molecular flexibility index (Phi) is 4.43. The largest absolute Gasteiger partial charge is 0.379 e. The van der Waals surface area contributed by atoms with Crippen LogP contribution in [0.4, 0.5) is 5.82 Å². The lowest BCUT2D eigenvalue weighted by atomic mass is 10.0. The second-order valence-corrected chi connectivity index (χ2v) is 7.28. The van der Waals surface area contributed by atoms with Crippen molar-refractivity contribution < 1.29 is 9.53 Å². The second-order valence-electron chi connectivity index (χ2n) is 5.74. The number of carbonyl (C=O) groups is 1. The lowest BCUT2D eigenvalue weighted by Crippen LogP contribution is -2.52. The number of carbonyl (C=O) groups excluding carboxylic acids is 1. The number of amides is 1. The molecule has 1 saturated carbocycles. The Bertz CT molecular complexity index is 570. The Morgan fingerprint density at radius 1 is 1.45 bits per heavy atom. The molecule has 0 radical (unpaired) electrons. The van der Waals surface area contributed by atoms with Crippen molar-refractivity contribution in [3.05, 3.63) is 18.1 Å². The Hall–Kier alpha value is -1.11. The van der Waals surface area contributed by atoms with Gasteiger partial charge in [0.2, 0.25) is 5.91 Å². The monoisotopic (exact) mass is 344 g/mol. The van der Waals surface area contributed by atoms with Crippen LogP contribution in [0.2, 0.25) is 0 Å². The van der Waals surface area contributed by atoms with Crippen LogP contribution in [0.15, 0.2) is 12.3 Å². The number of nitrogens with zero attached hydrogens (tertiary/aromatic N) is 2. The molecular weight excluding hydrogens is 327 g/mol. The summed E-state index contributed by atoms with van der Waals surface area (Å²) < 4.78 is 4.60. The quantitative estimate of drug-likeness (QED) is 0.812. The number of rotatable bonds is 4. The van der Waals surface area contributed by atoms with Gasteiger partial charge in [0.1, 0.15) is 16.0 Å². The maximum atomic E-state index is 12.2. The third-order valence-electron chi connectivity index (χ3n) is 3.94. The highest BCUT2D eigenvalue weighted by atomic mass is 35.5. The molecule has 120 valence electrons. The summed E-state index contributed by atoms with van der Waals surface area (Å²) in [5.41, 5.74) is 0. The summed E-state index contributed by atoms with van der Waals surface area (Å²) >= 11 is 11.9. The number of hydrogen-bond donors (Lipinski definition) is 2. The molecule has 0 spiro atoms. The number of nitrogens with one attached hydrogen (secondary N) is 2. The molecule has 6 nitrogen and oxygen atoms in total. The van der Waals surface area contributed by atoms with Crippen molar-refractivity contribution in [2.75, 3.05) is 18.5 Å². The van der Waals surface area contributed by atoms with Gasteiger partial charge in [0, 0.05) is 12.8 Å². The van der Waals surface area contributed by atoms with Gasteiger partial charge in [-0.3, -0.25) is 4.79 Å². The SMILES string of the molecule is Cc1nccc(N[C@@H]2COCC[C@@H]2NC(=O)C2CC2(Cl)Cl)n1. The molecule has 1 unspecified atom stereocenters. The third kappa shape index (κ3) is 3.62. The molecule has 0 aromatic carbocycles. The summed E-state index contributed by atoms with van der Waals surface area (Å²) in [6.07, 6.45) is 2.94. The molecule has 2 N–H and O–H groups in total. The van der Waals surface area contributed by atoms with E-state index in [9.17, 15) is 4.79 Å². The van der Waals surface area contributed by atoms with Crippen LogP contribution in [0.5, 0.6) is 0 Å². The molecule has 2 aliphatic rings. The van der Waals surface area contributed by atoms with Crippen LogP contribution in [0.25, 0.3) is 0 Å². The number of alkyl halides is 2. The van der Waals surface area contributed by atoms with Crippen molar-refractivity contribution in [3.8, 4) is 0 Å². The first-order valence-corrected chi connectivity index (χ1v) is 8.03. The summed E-state index contributed by atoms with van der Waals surface area (Å²) in [4.78, 5) is 20.6. The van der Waals surface area contributed by atoms with E-state index in [1.807, 2.05) is 6.92 Å². The predicted octanol–water partition coefficient (Wildman–Crippen LogP) is 1.66. The summed E-state index contributed by atoms with van der Waals surface area (Å²) in [6, 6.07) is 1.70. The molecule has 1 aliphatic carbocycles. The number of aromatic nitrogens is 2. The molecule has 3 rings (SSSR count). The summed E-state index contributed by atoms with van der Waals surface area (Å²) in [7, 11) is 0. The number of aryl methyl sites for hydroxylation is 1. The van der Waals surface area contributed by atoms with Gasteiger partial charge in [0.25, 0.3) is 0 Å². The normalized spacial score (nSPS) is 29.7. The minimum absolute atomic E-state index is 0.0405. The molecule has 8 heteroatoms. The van der Waals surface area contributed by atoms with Crippen molar-refractivity contribution in [1.82, 2.24) is 15.3 Å². The molecule has 1 aromatic rings. The molecule has 1 aliphatic heterocycles. The van der Waals surface area contributed by atoms with E-state index in [4.69, 9.17) is 27.9 Å². The lowest BCUT2D eigenvalue weighted by Gasteiger charge is -2.33. The lowest BCUT2D eigenvalue weighted by molar-refractivity contribution is -0.123. The molecule has 2 heterocycles. The van der Waals surface area contributed by atoms with Crippen LogP contribution >= 0.6 is 23.2 Å². The number of halogens is 2. The maximum absolute atomic E-state index is 12.2. The molecular formula is C14H18Cl2N4O2. The average Bonchev–Trinajstić information content (AvgIpc) is 3.10. The van der Waals surface area contributed by atoms with E-state index >= 15 is 0 Å². The Labute approximate surface area is 138 Å². The number of hydrogen-bond acceptors (Lipinski definition) is 5. The predicted molar refractivity (Wildman–Crippen MR) is 84.1 cm³/mol. The summed E-state index contributed by atoms with van der Waals surface area (Å²) in [5, 5.41) is 6.33. The first-order chi connectivity index (χ1) is 10.5. The Morgan fingerprint density at radius 3 is 2.91 bits per heavy atom.